The van der Waals surface area contributed by atoms with E-state index in [-0.39, 0.29) is 5.41 Å². The standard InChI is InChI=1S/C47H33N3/c1-47(2)41-17-10-9-16-35(41)37-27-39-40(28-42(37)47)45(33-14-7-4-8-15-33)38-26-34(22-23-36(38)44(39)32-12-5-3-6-13-32)30-18-20-31(21-19-30)43-29-50-25-11-24-48-46(50)49-43/h3-29H,1-2H3. The molecule has 0 saturated carbocycles. The fraction of sp³-hybridized carbons (Fsp3) is 0.0638. The first-order chi connectivity index (χ1) is 24.5. The monoisotopic (exact) mass is 639 g/mol. The number of nitrogens with zero attached hydrogens (tertiary/aromatic N) is 3. The van der Waals surface area contributed by atoms with Gasteiger partial charge in [0.2, 0.25) is 5.78 Å². The average molecular weight is 640 g/mol. The van der Waals surface area contributed by atoms with Crippen LogP contribution in [0.2, 0.25) is 0 Å². The molecule has 1 aliphatic rings. The van der Waals surface area contributed by atoms with Gasteiger partial charge in [0.1, 0.15) is 0 Å². The van der Waals surface area contributed by atoms with Gasteiger partial charge in [0.15, 0.2) is 0 Å². The van der Waals surface area contributed by atoms with Crippen molar-refractivity contribution in [2.45, 2.75) is 19.3 Å². The summed E-state index contributed by atoms with van der Waals surface area (Å²) in [5.74, 6) is 0.703. The third-order valence-corrected chi connectivity index (χ3v) is 10.7. The van der Waals surface area contributed by atoms with Gasteiger partial charge in [-0.2, -0.15) is 0 Å². The molecule has 3 nitrogen and oxygen atoms in total. The van der Waals surface area contributed by atoms with E-state index in [9.17, 15) is 0 Å². The van der Waals surface area contributed by atoms with Crippen LogP contribution in [-0.4, -0.2) is 14.4 Å². The highest BCUT2D eigenvalue weighted by Gasteiger charge is 2.36. The summed E-state index contributed by atoms with van der Waals surface area (Å²) >= 11 is 0. The van der Waals surface area contributed by atoms with Gasteiger partial charge in [-0.05, 0) is 101 Å². The Morgan fingerprint density at radius 2 is 1.10 bits per heavy atom. The van der Waals surface area contributed by atoms with E-state index in [4.69, 9.17) is 4.98 Å². The molecule has 0 saturated heterocycles. The van der Waals surface area contributed by atoms with E-state index in [1.807, 2.05) is 22.9 Å². The lowest BCUT2D eigenvalue weighted by Crippen LogP contribution is -2.14. The second-order valence-corrected chi connectivity index (χ2v) is 13.9. The van der Waals surface area contributed by atoms with Crippen molar-refractivity contribution in [2.24, 2.45) is 0 Å². The quantitative estimate of drug-likeness (QED) is 0.179. The van der Waals surface area contributed by atoms with Crippen LogP contribution in [0.5, 0.6) is 0 Å². The topological polar surface area (TPSA) is 30.2 Å². The van der Waals surface area contributed by atoms with Crippen LogP contribution in [0.1, 0.15) is 25.0 Å². The summed E-state index contributed by atoms with van der Waals surface area (Å²) in [5.41, 5.74) is 14.7. The van der Waals surface area contributed by atoms with Crippen LogP contribution in [-0.2, 0) is 5.41 Å². The van der Waals surface area contributed by atoms with Crippen LogP contribution in [0.15, 0.2) is 164 Å². The zero-order chi connectivity index (χ0) is 33.4. The summed E-state index contributed by atoms with van der Waals surface area (Å²) in [4.78, 5) is 9.13. The molecule has 0 atom stereocenters. The summed E-state index contributed by atoms with van der Waals surface area (Å²) in [6.07, 6.45) is 5.79. The number of aromatic nitrogens is 3. The van der Waals surface area contributed by atoms with Crippen molar-refractivity contribution in [1.29, 1.82) is 0 Å². The molecular formula is C47H33N3. The van der Waals surface area contributed by atoms with Gasteiger partial charge in [-0.15, -0.1) is 0 Å². The Labute approximate surface area is 291 Å². The molecule has 3 heteroatoms. The third kappa shape index (κ3) is 4.30. The normalized spacial score (nSPS) is 13.2. The first kappa shape index (κ1) is 28.7. The van der Waals surface area contributed by atoms with Gasteiger partial charge in [0, 0.05) is 29.6 Å². The molecule has 2 heterocycles. The molecular weight excluding hydrogens is 607 g/mol. The number of benzene rings is 7. The zero-order valence-corrected chi connectivity index (χ0v) is 27.9. The highest BCUT2D eigenvalue weighted by Crippen LogP contribution is 2.53. The number of hydrogen-bond acceptors (Lipinski definition) is 2. The summed E-state index contributed by atoms with van der Waals surface area (Å²) in [6.45, 7) is 4.74. The Hall–Kier alpha value is -6.32. The van der Waals surface area contributed by atoms with Crippen LogP contribution in [0.25, 0.3) is 83.1 Å². The fourth-order valence-corrected chi connectivity index (χ4v) is 8.23. The largest absolute Gasteiger partial charge is 0.291 e. The summed E-state index contributed by atoms with van der Waals surface area (Å²) in [6, 6.07) is 53.5. The Kier molecular flexibility index (Phi) is 6.22. The number of rotatable bonds is 4. The van der Waals surface area contributed by atoms with Gasteiger partial charge in [0.05, 0.1) is 5.69 Å². The van der Waals surface area contributed by atoms with Crippen molar-refractivity contribution < 1.29 is 0 Å². The molecule has 0 bridgehead atoms. The molecule has 0 spiro atoms. The van der Waals surface area contributed by atoms with Gasteiger partial charge < -0.3 is 0 Å². The minimum Gasteiger partial charge on any atom is -0.291 e. The van der Waals surface area contributed by atoms with E-state index in [1.165, 1.54) is 77.2 Å². The number of hydrogen-bond donors (Lipinski definition) is 0. The second kappa shape index (κ2) is 10.8. The molecule has 10 rings (SSSR count). The first-order valence-corrected chi connectivity index (χ1v) is 17.2. The Balaban J connectivity index is 1.24. The zero-order valence-electron chi connectivity index (χ0n) is 27.9. The molecule has 1 aliphatic carbocycles. The van der Waals surface area contributed by atoms with E-state index >= 15 is 0 Å². The maximum atomic E-state index is 4.74. The minimum atomic E-state index is -0.101. The van der Waals surface area contributed by atoms with E-state index in [1.54, 1.807) is 6.20 Å². The average Bonchev–Trinajstić information content (AvgIpc) is 3.70. The fourth-order valence-electron chi connectivity index (χ4n) is 8.23. The van der Waals surface area contributed by atoms with E-state index < -0.39 is 0 Å². The van der Waals surface area contributed by atoms with Crippen LogP contribution in [0, 0.1) is 0 Å². The molecule has 50 heavy (non-hydrogen) atoms. The summed E-state index contributed by atoms with van der Waals surface area (Å²) in [5, 5.41) is 5.08. The molecule has 7 aromatic carbocycles. The van der Waals surface area contributed by atoms with Crippen LogP contribution < -0.4 is 0 Å². The van der Waals surface area contributed by atoms with Crippen molar-refractivity contribution in [3.63, 3.8) is 0 Å². The maximum absolute atomic E-state index is 4.74. The predicted molar refractivity (Wildman–Crippen MR) is 207 cm³/mol. The summed E-state index contributed by atoms with van der Waals surface area (Å²) in [7, 11) is 0. The van der Waals surface area contributed by atoms with Crippen molar-refractivity contribution in [3.05, 3.63) is 175 Å². The SMILES string of the molecule is CC1(C)c2ccccc2-c2cc3c(-c4ccccc4)c4ccc(-c5ccc(-c6cn7cccnc7n6)cc5)cc4c(-c4ccccc4)c3cc21. The highest BCUT2D eigenvalue weighted by atomic mass is 15.1. The van der Waals surface area contributed by atoms with Crippen molar-refractivity contribution in [1.82, 2.24) is 14.4 Å². The lowest BCUT2D eigenvalue weighted by molar-refractivity contribution is 0.661. The van der Waals surface area contributed by atoms with Crippen molar-refractivity contribution in [2.75, 3.05) is 0 Å². The first-order valence-electron chi connectivity index (χ1n) is 17.2. The minimum absolute atomic E-state index is 0.101. The molecule has 9 aromatic rings. The third-order valence-electron chi connectivity index (χ3n) is 10.7. The van der Waals surface area contributed by atoms with Crippen LogP contribution >= 0.6 is 0 Å². The van der Waals surface area contributed by atoms with E-state index in [0.717, 1.165) is 11.3 Å². The van der Waals surface area contributed by atoms with Gasteiger partial charge in [-0.3, -0.25) is 4.40 Å². The Bertz CT molecular complexity index is 2720. The van der Waals surface area contributed by atoms with E-state index in [2.05, 4.69) is 158 Å². The molecule has 236 valence electrons. The summed E-state index contributed by atoms with van der Waals surface area (Å²) < 4.78 is 1.96. The van der Waals surface area contributed by atoms with Gasteiger partial charge in [-0.1, -0.05) is 135 Å². The molecule has 0 fully saturated rings. The number of fused-ring (bicyclic) bond motifs is 6. The van der Waals surface area contributed by atoms with Gasteiger partial charge in [0.25, 0.3) is 0 Å². The van der Waals surface area contributed by atoms with Crippen molar-refractivity contribution >= 4 is 27.3 Å². The molecule has 0 radical (unpaired) electrons. The Morgan fingerprint density at radius 3 is 1.84 bits per heavy atom. The van der Waals surface area contributed by atoms with Crippen LogP contribution in [0.4, 0.5) is 0 Å². The second-order valence-electron chi connectivity index (χ2n) is 13.9. The van der Waals surface area contributed by atoms with Crippen molar-refractivity contribution in [3.8, 4) is 55.8 Å². The lowest BCUT2D eigenvalue weighted by atomic mass is 9.79. The molecule has 0 amide bonds. The molecule has 0 aliphatic heterocycles. The maximum Gasteiger partial charge on any atom is 0.234 e. The molecule has 0 unspecified atom stereocenters. The molecule has 2 aromatic heterocycles. The smallest absolute Gasteiger partial charge is 0.234 e. The molecule has 0 N–H and O–H groups in total. The lowest BCUT2D eigenvalue weighted by Gasteiger charge is -2.24. The highest BCUT2D eigenvalue weighted by molar-refractivity contribution is 6.23. The van der Waals surface area contributed by atoms with Crippen LogP contribution in [0.3, 0.4) is 0 Å². The van der Waals surface area contributed by atoms with Gasteiger partial charge in [-0.25, -0.2) is 9.97 Å². The predicted octanol–water partition coefficient (Wildman–Crippen LogP) is 12.0. The van der Waals surface area contributed by atoms with Gasteiger partial charge >= 0.3 is 0 Å². The number of imidazole rings is 1. The Morgan fingerprint density at radius 1 is 0.480 bits per heavy atom. The van der Waals surface area contributed by atoms with E-state index in [0.29, 0.717) is 5.78 Å².